The Labute approximate surface area is 172 Å². The van der Waals surface area contributed by atoms with E-state index in [1.54, 1.807) is 24.1 Å². The van der Waals surface area contributed by atoms with E-state index >= 15 is 0 Å². The molecule has 2 fully saturated rings. The average Bonchev–Trinajstić information content (AvgIpc) is 2.78. The van der Waals surface area contributed by atoms with Crippen LogP contribution in [0.3, 0.4) is 0 Å². The van der Waals surface area contributed by atoms with Crippen molar-refractivity contribution < 1.29 is 23.8 Å². The lowest BCUT2D eigenvalue weighted by Gasteiger charge is -2.34. The zero-order valence-corrected chi connectivity index (χ0v) is 17.7. The molecule has 7 nitrogen and oxygen atoms in total. The molecule has 1 aliphatic carbocycles. The minimum absolute atomic E-state index is 0.0775. The number of rotatable bonds is 6. The largest absolute Gasteiger partial charge is 0.493 e. The number of piperidine rings is 1. The molecule has 0 radical (unpaired) electrons. The second kappa shape index (κ2) is 9.85. The first-order valence-corrected chi connectivity index (χ1v) is 10.5. The SMILES string of the molecule is COc1ccc(C(=O)N2CCCC(C(=O)NC3CCCCC3)C2)c(OC)c1OC. The van der Waals surface area contributed by atoms with Gasteiger partial charge < -0.3 is 24.4 Å². The molecule has 0 spiro atoms. The third-order valence-electron chi connectivity index (χ3n) is 5.97. The van der Waals surface area contributed by atoms with Crippen LogP contribution < -0.4 is 19.5 Å². The van der Waals surface area contributed by atoms with E-state index in [1.807, 2.05) is 0 Å². The number of carbonyl (C=O) groups is 2. The first kappa shape index (κ1) is 21.3. The van der Waals surface area contributed by atoms with Crippen molar-refractivity contribution >= 4 is 11.8 Å². The molecule has 3 rings (SSSR count). The highest BCUT2D eigenvalue weighted by Crippen LogP contribution is 2.40. The molecule has 0 bridgehead atoms. The van der Waals surface area contributed by atoms with E-state index in [1.165, 1.54) is 33.5 Å². The monoisotopic (exact) mass is 404 g/mol. The zero-order chi connectivity index (χ0) is 20.8. The van der Waals surface area contributed by atoms with Crippen LogP contribution >= 0.6 is 0 Å². The van der Waals surface area contributed by atoms with E-state index in [4.69, 9.17) is 14.2 Å². The molecule has 1 saturated heterocycles. The van der Waals surface area contributed by atoms with Gasteiger partial charge in [-0.15, -0.1) is 0 Å². The summed E-state index contributed by atoms with van der Waals surface area (Å²) in [7, 11) is 4.56. The number of carbonyl (C=O) groups excluding carboxylic acids is 2. The molecule has 2 aliphatic rings. The van der Waals surface area contributed by atoms with Crippen molar-refractivity contribution in [3.63, 3.8) is 0 Å². The van der Waals surface area contributed by atoms with Crippen LogP contribution in [0.4, 0.5) is 0 Å². The maximum absolute atomic E-state index is 13.2. The highest BCUT2D eigenvalue weighted by atomic mass is 16.5. The van der Waals surface area contributed by atoms with Crippen LogP contribution in [-0.2, 0) is 4.79 Å². The van der Waals surface area contributed by atoms with Gasteiger partial charge in [-0.05, 0) is 37.8 Å². The van der Waals surface area contributed by atoms with Crippen LogP contribution in [-0.4, -0.2) is 57.2 Å². The van der Waals surface area contributed by atoms with Crippen LogP contribution in [0.2, 0.25) is 0 Å². The molecule has 1 saturated carbocycles. The predicted molar refractivity (Wildman–Crippen MR) is 110 cm³/mol. The van der Waals surface area contributed by atoms with Gasteiger partial charge in [-0.25, -0.2) is 0 Å². The van der Waals surface area contributed by atoms with E-state index in [-0.39, 0.29) is 23.8 Å². The highest BCUT2D eigenvalue weighted by molar-refractivity contribution is 5.98. The summed E-state index contributed by atoms with van der Waals surface area (Å²) in [5.41, 5.74) is 0.415. The maximum Gasteiger partial charge on any atom is 0.257 e. The molecule has 1 aliphatic heterocycles. The number of amides is 2. The van der Waals surface area contributed by atoms with Crippen LogP contribution in [0.5, 0.6) is 17.2 Å². The van der Waals surface area contributed by atoms with E-state index in [0.717, 1.165) is 25.7 Å². The Bertz CT molecular complexity index is 730. The van der Waals surface area contributed by atoms with Crippen molar-refractivity contribution in [2.24, 2.45) is 5.92 Å². The lowest BCUT2D eigenvalue weighted by molar-refractivity contribution is -0.127. The fourth-order valence-corrected chi connectivity index (χ4v) is 4.38. The second-order valence-corrected chi connectivity index (χ2v) is 7.82. The van der Waals surface area contributed by atoms with Crippen molar-refractivity contribution in [3.8, 4) is 17.2 Å². The molecule has 1 atom stereocenters. The van der Waals surface area contributed by atoms with Crippen LogP contribution in [0, 0.1) is 5.92 Å². The Hall–Kier alpha value is -2.44. The molecule has 1 heterocycles. The molecule has 29 heavy (non-hydrogen) atoms. The molecule has 1 unspecified atom stereocenters. The van der Waals surface area contributed by atoms with Crippen molar-refractivity contribution in [1.29, 1.82) is 0 Å². The Morgan fingerprint density at radius 3 is 2.31 bits per heavy atom. The summed E-state index contributed by atoms with van der Waals surface area (Å²) < 4.78 is 16.2. The molecule has 2 amide bonds. The van der Waals surface area contributed by atoms with E-state index in [0.29, 0.717) is 35.9 Å². The maximum atomic E-state index is 13.2. The molecule has 1 aromatic carbocycles. The normalized spacial score (nSPS) is 20.1. The summed E-state index contributed by atoms with van der Waals surface area (Å²) in [5.74, 6) is 1.01. The van der Waals surface area contributed by atoms with E-state index < -0.39 is 0 Å². The lowest BCUT2D eigenvalue weighted by atomic mass is 9.92. The first-order chi connectivity index (χ1) is 14.1. The number of likely N-dealkylation sites (tertiary alicyclic amines) is 1. The molecular weight excluding hydrogens is 372 g/mol. The van der Waals surface area contributed by atoms with Gasteiger partial charge in [0.25, 0.3) is 5.91 Å². The number of ether oxygens (including phenoxy) is 3. The van der Waals surface area contributed by atoms with Crippen molar-refractivity contribution in [3.05, 3.63) is 17.7 Å². The summed E-state index contributed by atoms with van der Waals surface area (Å²) in [4.78, 5) is 27.7. The number of methoxy groups -OCH3 is 3. The van der Waals surface area contributed by atoms with E-state index in [9.17, 15) is 9.59 Å². The predicted octanol–water partition coefficient (Wildman–Crippen LogP) is 3.01. The third-order valence-corrected chi connectivity index (χ3v) is 5.97. The first-order valence-electron chi connectivity index (χ1n) is 10.5. The zero-order valence-electron chi connectivity index (χ0n) is 17.7. The second-order valence-electron chi connectivity index (χ2n) is 7.82. The lowest BCUT2D eigenvalue weighted by Crippen LogP contribution is -2.48. The molecule has 0 aromatic heterocycles. The van der Waals surface area contributed by atoms with Gasteiger partial charge in [0.2, 0.25) is 11.7 Å². The van der Waals surface area contributed by atoms with E-state index in [2.05, 4.69) is 5.32 Å². The molecule has 1 aromatic rings. The minimum atomic E-state index is -0.166. The highest BCUT2D eigenvalue weighted by Gasteiger charge is 2.32. The summed E-state index contributed by atoms with van der Waals surface area (Å²) in [5, 5.41) is 3.21. The third kappa shape index (κ3) is 4.77. The van der Waals surface area contributed by atoms with Gasteiger partial charge in [-0.3, -0.25) is 9.59 Å². The van der Waals surface area contributed by atoms with Gasteiger partial charge in [-0.1, -0.05) is 19.3 Å². The van der Waals surface area contributed by atoms with Gasteiger partial charge in [-0.2, -0.15) is 0 Å². The van der Waals surface area contributed by atoms with Crippen molar-refractivity contribution in [1.82, 2.24) is 10.2 Å². The number of benzene rings is 1. The fraction of sp³-hybridized carbons (Fsp3) is 0.636. The molecular formula is C22H32N2O5. The summed E-state index contributed by atoms with van der Waals surface area (Å²) >= 11 is 0. The smallest absolute Gasteiger partial charge is 0.257 e. The standard InChI is InChI=1S/C22H32N2O5/c1-27-18-12-11-17(19(28-2)20(18)29-3)22(26)24-13-7-8-15(14-24)21(25)23-16-9-5-4-6-10-16/h11-12,15-16H,4-10,13-14H2,1-3H3,(H,23,25). The van der Waals surface area contributed by atoms with Gasteiger partial charge in [0.15, 0.2) is 11.5 Å². The Balaban J connectivity index is 1.71. The number of nitrogens with one attached hydrogen (secondary N) is 1. The van der Waals surface area contributed by atoms with Crippen LogP contribution in [0.25, 0.3) is 0 Å². The van der Waals surface area contributed by atoms with Gasteiger partial charge in [0.05, 0.1) is 32.8 Å². The number of hydrogen-bond donors (Lipinski definition) is 1. The average molecular weight is 405 g/mol. The van der Waals surface area contributed by atoms with Gasteiger partial charge in [0.1, 0.15) is 0 Å². The molecule has 1 N–H and O–H groups in total. The Kier molecular flexibility index (Phi) is 7.23. The molecule has 7 heteroatoms. The topological polar surface area (TPSA) is 77.1 Å². The minimum Gasteiger partial charge on any atom is -0.493 e. The van der Waals surface area contributed by atoms with Gasteiger partial charge >= 0.3 is 0 Å². The Morgan fingerprint density at radius 1 is 0.931 bits per heavy atom. The number of nitrogens with zero attached hydrogens (tertiary/aromatic N) is 1. The summed E-state index contributed by atoms with van der Waals surface area (Å²) in [6, 6.07) is 3.67. The number of hydrogen-bond acceptors (Lipinski definition) is 5. The Morgan fingerprint density at radius 2 is 1.66 bits per heavy atom. The van der Waals surface area contributed by atoms with Crippen LogP contribution in [0.1, 0.15) is 55.3 Å². The van der Waals surface area contributed by atoms with Crippen molar-refractivity contribution in [2.45, 2.75) is 51.0 Å². The summed E-state index contributed by atoms with van der Waals surface area (Å²) in [6.07, 6.45) is 7.35. The van der Waals surface area contributed by atoms with Gasteiger partial charge in [0, 0.05) is 19.1 Å². The van der Waals surface area contributed by atoms with Crippen molar-refractivity contribution in [2.75, 3.05) is 34.4 Å². The van der Waals surface area contributed by atoms with Crippen LogP contribution in [0.15, 0.2) is 12.1 Å². The summed E-state index contributed by atoms with van der Waals surface area (Å²) in [6.45, 7) is 1.05. The quantitative estimate of drug-likeness (QED) is 0.789. The fourth-order valence-electron chi connectivity index (χ4n) is 4.38. The molecule has 160 valence electrons.